The van der Waals surface area contributed by atoms with Gasteiger partial charge in [-0.1, -0.05) is 12.7 Å². The van der Waals surface area contributed by atoms with E-state index < -0.39 is 40.0 Å². The first-order valence-electron chi connectivity index (χ1n) is 8.58. The molecule has 2 rings (SSSR count). The number of rotatable bonds is 8. The van der Waals surface area contributed by atoms with Gasteiger partial charge in [-0.05, 0) is 31.2 Å². The van der Waals surface area contributed by atoms with E-state index in [0.29, 0.717) is 6.07 Å². The van der Waals surface area contributed by atoms with E-state index in [1.54, 1.807) is 6.07 Å². The molecule has 0 N–H and O–H groups in total. The normalized spacial score (nSPS) is 11.7. The summed E-state index contributed by atoms with van der Waals surface area (Å²) in [6, 6.07) is 7.20. The van der Waals surface area contributed by atoms with Crippen molar-refractivity contribution in [3.05, 3.63) is 70.3 Å². The number of hydrogen-bond acceptors (Lipinski definition) is 7. The van der Waals surface area contributed by atoms with E-state index in [1.165, 1.54) is 19.1 Å². The van der Waals surface area contributed by atoms with Crippen molar-refractivity contribution in [1.29, 1.82) is 5.26 Å². The molecule has 1 unspecified atom stereocenters. The van der Waals surface area contributed by atoms with Crippen LogP contribution < -0.4 is 9.47 Å². The summed E-state index contributed by atoms with van der Waals surface area (Å²) < 4.78 is 54.0. The first-order valence-corrected chi connectivity index (χ1v) is 8.58. The molecular formula is C20H15F3N2O6. The summed E-state index contributed by atoms with van der Waals surface area (Å²) in [5, 5.41) is 20.4. The van der Waals surface area contributed by atoms with Crippen LogP contribution in [0.5, 0.6) is 17.2 Å². The fourth-order valence-electron chi connectivity index (χ4n) is 2.31. The van der Waals surface area contributed by atoms with E-state index in [0.717, 1.165) is 24.3 Å². The molecule has 0 amide bonds. The molecule has 0 radical (unpaired) electrons. The van der Waals surface area contributed by atoms with Crippen LogP contribution in [0.2, 0.25) is 0 Å². The SMILES string of the molecule is C=CCOC(=O)C(C)Oc1cc(Oc2ccc(C(F)(F)F)cc2C#N)ccc1[N+](=O)[O-]. The number of halogens is 3. The summed E-state index contributed by atoms with van der Waals surface area (Å²) in [5.74, 6) is -1.40. The Balaban J connectivity index is 2.34. The number of nitro groups is 1. The third-order valence-electron chi connectivity index (χ3n) is 3.76. The topological polar surface area (TPSA) is 112 Å². The third kappa shape index (κ3) is 5.96. The van der Waals surface area contributed by atoms with Crippen LogP contribution in [0, 0.1) is 21.4 Å². The van der Waals surface area contributed by atoms with Gasteiger partial charge in [0, 0.05) is 12.1 Å². The zero-order valence-corrected chi connectivity index (χ0v) is 16.0. The van der Waals surface area contributed by atoms with E-state index in [4.69, 9.17) is 19.5 Å². The van der Waals surface area contributed by atoms with Crippen molar-refractivity contribution in [1.82, 2.24) is 0 Å². The standard InChI is InChI=1S/C20H15F3N2O6/c1-3-8-29-19(26)12(2)30-18-10-15(5-6-16(18)25(27)28)31-17-7-4-14(20(21,22)23)9-13(17)11-24/h3-7,9-10,12H,1,8H2,2H3. The third-order valence-corrected chi connectivity index (χ3v) is 3.76. The maximum atomic E-state index is 12.8. The summed E-state index contributed by atoms with van der Waals surface area (Å²) in [7, 11) is 0. The maximum absolute atomic E-state index is 12.8. The molecule has 0 spiro atoms. The van der Waals surface area contributed by atoms with Gasteiger partial charge < -0.3 is 14.2 Å². The van der Waals surface area contributed by atoms with Crippen molar-refractivity contribution >= 4 is 11.7 Å². The van der Waals surface area contributed by atoms with Crippen LogP contribution in [0.15, 0.2) is 49.1 Å². The number of nitrogens with zero attached hydrogens (tertiary/aromatic N) is 2. The molecule has 0 aliphatic heterocycles. The number of ether oxygens (including phenoxy) is 3. The predicted molar refractivity (Wildman–Crippen MR) is 101 cm³/mol. The van der Waals surface area contributed by atoms with Crippen molar-refractivity contribution in [3.8, 4) is 23.3 Å². The Hall–Kier alpha value is -4.07. The van der Waals surface area contributed by atoms with Crippen LogP contribution >= 0.6 is 0 Å². The smallest absolute Gasteiger partial charge is 0.416 e. The Morgan fingerprint density at radius 3 is 2.58 bits per heavy atom. The largest absolute Gasteiger partial charge is 0.472 e. The minimum atomic E-state index is -4.64. The van der Waals surface area contributed by atoms with E-state index in [9.17, 15) is 28.1 Å². The molecule has 0 heterocycles. The Kier molecular flexibility index (Phi) is 7.20. The van der Waals surface area contributed by atoms with Crippen LogP contribution in [0.4, 0.5) is 18.9 Å². The molecule has 0 saturated heterocycles. The van der Waals surface area contributed by atoms with E-state index >= 15 is 0 Å². The van der Waals surface area contributed by atoms with Gasteiger partial charge >= 0.3 is 17.8 Å². The lowest BCUT2D eigenvalue weighted by Gasteiger charge is -2.15. The van der Waals surface area contributed by atoms with Gasteiger partial charge in [-0.25, -0.2) is 4.79 Å². The minimum absolute atomic E-state index is 0.0662. The second-order valence-corrected chi connectivity index (χ2v) is 5.99. The molecule has 0 aromatic heterocycles. The lowest BCUT2D eigenvalue weighted by atomic mass is 10.1. The highest BCUT2D eigenvalue weighted by molar-refractivity contribution is 5.75. The predicted octanol–water partition coefficient (Wildman–Crippen LogP) is 4.77. The number of carbonyl (C=O) groups excluding carboxylic acids is 1. The molecular weight excluding hydrogens is 421 g/mol. The summed E-state index contributed by atoms with van der Waals surface area (Å²) in [6.45, 7) is 4.62. The molecule has 0 bridgehead atoms. The number of hydrogen-bond donors (Lipinski definition) is 0. The molecule has 2 aromatic rings. The van der Waals surface area contributed by atoms with Gasteiger partial charge in [0.15, 0.2) is 6.10 Å². The number of benzene rings is 2. The van der Waals surface area contributed by atoms with Gasteiger partial charge in [0.1, 0.15) is 24.2 Å². The van der Waals surface area contributed by atoms with E-state index in [-0.39, 0.29) is 23.9 Å². The second-order valence-electron chi connectivity index (χ2n) is 5.99. The number of nitriles is 1. The molecule has 0 aliphatic rings. The highest BCUT2D eigenvalue weighted by atomic mass is 19.4. The summed E-state index contributed by atoms with van der Waals surface area (Å²) in [5.41, 5.74) is -1.91. The molecule has 1 atom stereocenters. The first-order chi connectivity index (χ1) is 14.6. The minimum Gasteiger partial charge on any atom is -0.472 e. The maximum Gasteiger partial charge on any atom is 0.416 e. The van der Waals surface area contributed by atoms with Gasteiger partial charge in [-0.15, -0.1) is 0 Å². The molecule has 162 valence electrons. The van der Waals surface area contributed by atoms with Crippen LogP contribution in [0.1, 0.15) is 18.1 Å². The summed E-state index contributed by atoms with van der Waals surface area (Å²) in [4.78, 5) is 22.3. The number of carbonyl (C=O) groups is 1. The fourth-order valence-corrected chi connectivity index (χ4v) is 2.31. The number of alkyl halides is 3. The Morgan fingerprint density at radius 1 is 1.29 bits per heavy atom. The zero-order chi connectivity index (χ0) is 23.2. The van der Waals surface area contributed by atoms with Crippen molar-refractivity contribution in [2.75, 3.05) is 6.61 Å². The second kappa shape index (κ2) is 9.62. The fraction of sp³-hybridized carbons (Fsp3) is 0.200. The van der Waals surface area contributed by atoms with Gasteiger partial charge in [-0.3, -0.25) is 10.1 Å². The highest BCUT2D eigenvalue weighted by Gasteiger charge is 2.31. The Morgan fingerprint density at radius 2 is 2.00 bits per heavy atom. The molecule has 0 fully saturated rings. The average molecular weight is 436 g/mol. The molecule has 0 saturated carbocycles. The first kappa shape index (κ1) is 23.2. The quantitative estimate of drug-likeness (QED) is 0.253. The monoisotopic (exact) mass is 436 g/mol. The van der Waals surface area contributed by atoms with Gasteiger partial charge in [-0.2, -0.15) is 18.4 Å². The van der Waals surface area contributed by atoms with Crippen LogP contribution in [-0.2, 0) is 15.7 Å². The summed E-state index contributed by atoms with van der Waals surface area (Å²) in [6.07, 6.45) is -4.53. The Labute approximate surface area is 174 Å². The highest BCUT2D eigenvalue weighted by Crippen LogP contribution is 2.37. The zero-order valence-electron chi connectivity index (χ0n) is 16.0. The van der Waals surface area contributed by atoms with Crippen LogP contribution in [-0.4, -0.2) is 23.6 Å². The van der Waals surface area contributed by atoms with Gasteiger partial charge in [0.05, 0.1) is 16.1 Å². The lowest BCUT2D eigenvalue weighted by Crippen LogP contribution is -2.26. The van der Waals surface area contributed by atoms with Crippen molar-refractivity contribution < 1.29 is 37.1 Å². The van der Waals surface area contributed by atoms with Gasteiger partial charge in [0.2, 0.25) is 5.75 Å². The number of esters is 1. The van der Waals surface area contributed by atoms with Crippen molar-refractivity contribution in [2.45, 2.75) is 19.2 Å². The lowest BCUT2D eigenvalue weighted by molar-refractivity contribution is -0.386. The van der Waals surface area contributed by atoms with Crippen LogP contribution in [0.3, 0.4) is 0 Å². The van der Waals surface area contributed by atoms with Crippen molar-refractivity contribution in [2.24, 2.45) is 0 Å². The van der Waals surface area contributed by atoms with E-state index in [2.05, 4.69) is 6.58 Å². The molecule has 0 aliphatic carbocycles. The number of nitro benzene ring substituents is 1. The van der Waals surface area contributed by atoms with Crippen LogP contribution in [0.25, 0.3) is 0 Å². The van der Waals surface area contributed by atoms with E-state index in [1.807, 2.05) is 0 Å². The molecule has 8 nitrogen and oxygen atoms in total. The summed E-state index contributed by atoms with van der Waals surface area (Å²) >= 11 is 0. The Bertz CT molecular complexity index is 1050. The molecule has 31 heavy (non-hydrogen) atoms. The van der Waals surface area contributed by atoms with Crippen molar-refractivity contribution in [3.63, 3.8) is 0 Å². The molecule has 11 heteroatoms. The average Bonchev–Trinajstić information content (AvgIpc) is 2.71. The molecule has 2 aromatic carbocycles. The van der Waals surface area contributed by atoms with Gasteiger partial charge in [0.25, 0.3) is 0 Å².